The Morgan fingerprint density at radius 2 is 2.13 bits per heavy atom. The van der Waals surface area contributed by atoms with E-state index < -0.39 is 12.3 Å². The number of aromatic nitrogens is 2. The quantitative estimate of drug-likeness (QED) is 0.436. The summed E-state index contributed by atoms with van der Waals surface area (Å²) in [6.07, 6.45) is 7.75. The first-order valence-electron chi connectivity index (χ1n) is 10.0. The fourth-order valence-corrected chi connectivity index (χ4v) is 4.40. The van der Waals surface area contributed by atoms with Gasteiger partial charge in [-0.25, -0.2) is 0 Å². The average molecular weight is 415 g/mol. The highest BCUT2D eigenvalue weighted by Gasteiger charge is 2.37. The van der Waals surface area contributed by atoms with E-state index in [2.05, 4.69) is 15.3 Å². The lowest BCUT2D eigenvalue weighted by atomic mass is 9.81. The van der Waals surface area contributed by atoms with Gasteiger partial charge in [-0.15, -0.1) is 10.2 Å². The van der Waals surface area contributed by atoms with Crippen LogP contribution in [0.25, 0.3) is 11.5 Å². The van der Waals surface area contributed by atoms with Crippen molar-refractivity contribution in [1.82, 2.24) is 15.1 Å². The molecule has 1 aromatic heterocycles. The van der Waals surface area contributed by atoms with E-state index in [-0.39, 0.29) is 17.8 Å². The topological polar surface area (TPSA) is 97.6 Å². The minimum atomic E-state index is -2.83. The Morgan fingerprint density at radius 3 is 2.90 bits per heavy atom. The molecular weight excluding hydrogens is 392 g/mol. The number of carbonyl (C=O) groups is 1. The van der Waals surface area contributed by atoms with Crippen LogP contribution in [0, 0.1) is 5.92 Å². The molecule has 0 spiro atoms. The van der Waals surface area contributed by atoms with Crippen LogP contribution >= 0.6 is 0 Å². The summed E-state index contributed by atoms with van der Waals surface area (Å²) >= 11 is 0. The van der Waals surface area contributed by atoms with E-state index in [1.54, 1.807) is 18.3 Å². The number of fused-ring (bicyclic) bond motifs is 1. The van der Waals surface area contributed by atoms with Gasteiger partial charge in [0.15, 0.2) is 0 Å². The number of alkyl halides is 2. The molecule has 30 heavy (non-hydrogen) atoms. The Morgan fingerprint density at radius 1 is 1.30 bits per heavy atom. The molecule has 7 nitrogen and oxygen atoms in total. The largest absolute Gasteiger partial charge is 0.415 e. The van der Waals surface area contributed by atoms with Crippen molar-refractivity contribution in [3.05, 3.63) is 47.4 Å². The second-order valence-electron chi connectivity index (χ2n) is 7.63. The maximum absolute atomic E-state index is 13.2. The molecular formula is C21H23F2N5O2. The number of nitrogens with zero attached hydrogens (tertiary/aromatic N) is 4. The van der Waals surface area contributed by atoms with Crippen LogP contribution in [0.4, 0.5) is 8.78 Å². The summed E-state index contributed by atoms with van der Waals surface area (Å²) in [5.41, 5.74) is 1.96. The molecule has 2 heterocycles. The zero-order chi connectivity index (χ0) is 21.1. The summed E-state index contributed by atoms with van der Waals surface area (Å²) in [6, 6.07) is 5.39. The third kappa shape index (κ3) is 3.96. The van der Waals surface area contributed by atoms with Crippen molar-refractivity contribution in [2.45, 2.75) is 51.1 Å². The lowest BCUT2D eigenvalue weighted by molar-refractivity contribution is 0.0562. The number of hydrazone groups is 1. The molecule has 1 fully saturated rings. The summed E-state index contributed by atoms with van der Waals surface area (Å²) in [5, 5.41) is 10.5. The van der Waals surface area contributed by atoms with Gasteiger partial charge in [-0.2, -0.15) is 13.9 Å². The Hall–Kier alpha value is -3.10. The highest BCUT2D eigenvalue weighted by Crippen LogP contribution is 2.37. The van der Waals surface area contributed by atoms with Gasteiger partial charge >= 0.3 is 6.43 Å². The smallest absolute Gasteiger partial charge is 0.314 e. The van der Waals surface area contributed by atoms with Gasteiger partial charge in [0.05, 0.1) is 0 Å². The molecule has 2 aromatic rings. The lowest BCUT2D eigenvalue weighted by Gasteiger charge is -2.37. The number of allylic oxidation sites excluding steroid dienone is 2. The van der Waals surface area contributed by atoms with Crippen molar-refractivity contribution in [2.75, 3.05) is 0 Å². The van der Waals surface area contributed by atoms with Crippen LogP contribution in [0.15, 0.2) is 39.9 Å². The van der Waals surface area contributed by atoms with Crippen LogP contribution < -0.4 is 5.84 Å². The minimum Gasteiger partial charge on any atom is -0.415 e. The Bertz CT molecular complexity index is 972. The van der Waals surface area contributed by atoms with E-state index in [0.29, 0.717) is 23.6 Å². The lowest BCUT2D eigenvalue weighted by Crippen LogP contribution is -2.42. The van der Waals surface area contributed by atoms with Crippen molar-refractivity contribution in [3.63, 3.8) is 0 Å². The van der Waals surface area contributed by atoms with Gasteiger partial charge in [-0.3, -0.25) is 4.79 Å². The number of halogens is 2. The van der Waals surface area contributed by atoms with Crippen LogP contribution in [-0.2, 0) is 6.54 Å². The van der Waals surface area contributed by atoms with E-state index in [9.17, 15) is 13.6 Å². The number of nitrogens with two attached hydrogens (primary N) is 1. The molecule has 9 heteroatoms. The first-order valence-corrected chi connectivity index (χ1v) is 10.0. The fourth-order valence-electron chi connectivity index (χ4n) is 4.40. The van der Waals surface area contributed by atoms with E-state index >= 15 is 0 Å². The normalized spacial score (nSPS) is 22.0. The molecule has 2 atom stereocenters. The molecule has 0 unspecified atom stereocenters. The van der Waals surface area contributed by atoms with Crippen molar-refractivity contribution in [1.29, 1.82) is 0 Å². The first-order chi connectivity index (χ1) is 14.6. The molecule has 4 rings (SSSR count). The predicted molar refractivity (Wildman–Crippen MR) is 107 cm³/mol. The number of carbonyl (C=O) groups excluding carboxylic acids is 1. The molecule has 2 N–H and O–H groups in total. The maximum atomic E-state index is 13.2. The van der Waals surface area contributed by atoms with Crippen molar-refractivity contribution < 1.29 is 18.0 Å². The van der Waals surface area contributed by atoms with Gasteiger partial charge in [0.2, 0.25) is 5.89 Å². The number of hydrogen-bond donors (Lipinski definition) is 1. The molecule has 0 saturated heterocycles. The molecule has 0 bridgehead atoms. The summed E-state index contributed by atoms with van der Waals surface area (Å²) in [5.74, 6) is 4.73. The van der Waals surface area contributed by atoms with Crippen molar-refractivity contribution >= 4 is 12.1 Å². The monoisotopic (exact) mass is 415 g/mol. The molecule has 158 valence electrons. The van der Waals surface area contributed by atoms with E-state index in [0.717, 1.165) is 37.7 Å². The van der Waals surface area contributed by atoms with E-state index in [1.165, 1.54) is 0 Å². The standard InChI is InChI=1S/C21H23F2N5O2/c22-18(23)20-27-26-19(30-20)14-8-9-15-12-28(21(29)16(15)11-14)17-7-2-1-5-13(17)6-3-4-10-25-24/h3-4,8-11,13,17-18H,1-2,5-7,12,24H2/b4-3-,25-10-/t13-,17-/m0/s1. The Balaban J connectivity index is 1.53. The van der Waals surface area contributed by atoms with Gasteiger partial charge in [0, 0.05) is 29.9 Å². The van der Waals surface area contributed by atoms with E-state index in [4.69, 9.17) is 10.3 Å². The molecule has 0 radical (unpaired) electrons. The fraction of sp³-hybridized carbons (Fsp3) is 0.429. The summed E-state index contributed by atoms with van der Waals surface area (Å²) < 4.78 is 30.5. The highest BCUT2D eigenvalue weighted by molar-refractivity contribution is 5.99. The van der Waals surface area contributed by atoms with Gasteiger partial charge < -0.3 is 15.2 Å². The van der Waals surface area contributed by atoms with E-state index in [1.807, 2.05) is 23.1 Å². The van der Waals surface area contributed by atoms with Crippen LogP contribution in [0.5, 0.6) is 0 Å². The number of benzene rings is 1. The minimum absolute atomic E-state index is 0.0124. The van der Waals surface area contributed by atoms with Gasteiger partial charge in [-0.05, 0) is 49.0 Å². The third-order valence-corrected chi connectivity index (χ3v) is 5.83. The molecule has 1 aromatic carbocycles. The summed E-state index contributed by atoms with van der Waals surface area (Å²) in [7, 11) is 0. The summed E-state index contributed by atoms with van der Waals surface area (Å²) in [4.78, 5) is 15.1. The number of rotatable bonds is 6. The van der Waals surface area contributed by atoms with Crippen LogP contribution in [0.2, 0.25) is 0 Å². The van der Waals surface area contributed by atoms with Crippen LogP contribution in [-0.4, -0.2) is 33.3 Å². The third-order valence-electron chi connectivity index (χ3n) is 5.83. The molecule has 1 amide bonds. The molecule has 1 aliphatic heterocycles. The molecule has 2 aliphatic rings. The van der Waals surface area contributed by atoms with Gasteiger partial charge in [0.1, 0.15) is 0 Å². The number of amides is 1. The Labute approximate surface area is 172 Å². The van der Waals surface area contributed by atoms with Crippen LogP contribution in [0.3, 0.4) is 0 Å². The second kappa shape index (κ2) is 8.73. The predicted octanol–water partition coefficient (Wildman–Crippen LogP) is 4.08. The van der Waals surface area contributed by atoms with Crippen molar-refractivity contribution in [2.24, 2.45) is 16.9 Å². The molecule has 1 saturated carbocycles. The van der Waals surface area contributed by atoms with Gasteiger partial charge in [0.25, 0.3) is 11.8 Å². The Kier molecular flexibility index (Phi) is 5.87. The number of hydrogen-bond acceptors (Lipinski definition) is 6. The average Bonchev–Trinajstić information content (AvgIpc) is 3.37. The van der Waals surface area contributed by atoms with Gasteiger partial charge in [-0.1, -0.05) is 25.0 Å². The first kappa shape index (κ1) is 20.2. The SMILES string of the molecule is N/N=C\C=C/C[C@@H]1CCCC[C@@H]1N1Cc2ccc(-c3nnc(C(F)F)o3)cc2C1=O. The zero-order valence-electron chi connectivity index (χ0n) is 16.4. The maximum Gasteiger partial charge on any atom is 0.314 e. The zero-order valence-corrected chi connectivity index (χ0v) is 16.4. The van der Waals surface area contributed by atoms with Crippen molar-refractivity contribution in [3.8, 4) is 11.5 Å². The van der Waals surface area contributed by atoms with Crippen LogP contribution in [0.1, 0.15) is 60.3 Å². The molecule has 1 aliphatic carbocycles. The highest BCUT2D eigenvalue weighted by atomic mass is 19.3. The second-order valence-corrected chi connectivity index (χ2v) is 7.63. The summed E-state index contributed by atoms with van der Waals surface area (Å²) in [6.45, 7) is 0.551.